The lowest BCUT2D eigenvalue weighted by molar-refractivity contribution is -0.201. The van der Waals surface area contributed by atoms with Crippen LogP contribution in [0.4, 0.5) is 0 Å². The second-order valence-electron chi connectivity index (χ2n) is 7.63. The molecule has 1 unspecified atom stereocenters. The molecule has 6 nitrogen and oxygen atoms in total. The number of aryl methyl sites for hydroxylation is 2. The molecule has 3 saturated heterocycles. The minimum absolute atomic E-state index is 0.0726. The molecule has 134 valence electrons. The number of nitrogens with zero attached hydrogens (tertiary/aromatic N) is 3. The highest BCUT2D eigenvalue weighted by atomic mass is 16.6. The number of aromatic nitrogens is 1. The van der Waals surface area contributed by atoms with Gasteiger partial charge in [0, 0.05) is 19.6 Å². The van der Waals surface area contributed by atoms with Crippen molar-refractivity contribution in [2.24, 2.45) is 0 Å². The van der Waals surface area contributed by atoms with Crippen LogP contribution in [0, 0.1) is 13.8 Å². The van der Waals surface area contributed by atoms with Gasteiger partial charge in [0.15, 0.2) is 0 Å². The van der Waals surface area contributed by atoms with Crippen molar-refractivity contribution in [3.05, 3.63) is 17.3 Å². The minimum atomic E-state index is 0.0726. The van der Waals surface area contributed by atoms with Crippen molar-refractivity contribution in [3.8, 4) is 0 Å². The quantitative estimate of drug-likeness (QED) is 0.835. The number of oxazole rings is 1. The van der Waals surface area contributed by atoms with Crippen LogP contribution < -0.4 is 0 Å². The van der Waals surface area contributed by atoms with Gasteiger partial charge in [0.25, 0.3) is 0 Å². The fourth-order valence-corrected chi connectivity index (χ4v) is 4.02. The highest BCUT2D eigenvalue weighted by Gasteiger charge is 2.46. The third kappa shape index (κ3) is 3.52. The zero-order valence-electron chi connectivity index (χ0n) is 14.9. The predicted octanol–water partition coefficient (Wildman–Crippen LogP) is 1.75. The van der Waals surface area contributed by atoms with Gasteiger partial charge < -0.3 is 13.9 Å². The molecule has 4 rings (SSSR count). The summed E-state index contributed by atoms with van der Waals surface area (Å²) in [5, 5.41) is 0. The van der Waals surface area contributed by atoms with E-state index >= 15 is 0 Å². The monoisotopic (exact) mass is 335 g/mol. The average Bonchev–Trinajstić information content (AvgIpc) is 3.00. The van der Waals surface area contributed by atoms with Crippen LogP contribution in [-0.4, -0.2) is 72.4 Å². The maximum Gasteiger partial charge on any atom is 0.208 e. The molecular weight excluding hydrogens is 306 g/mol. The molecule has 0 aromatic carbocycles. The molecule has 1 spiro atoms. The van der Waals surface area contributed by atoms with E-state index in [1.54, 1.807) is 0 Å². The Morgan fingerprint density at radius 3 is 2.58 bits per heavy atom. The Labute approximate surface area is 144 Å². The molecule has 3 aliphatic heterocycles. The van der Waals surface area contributed by atoms with Gasteiger partial charge in [-0.15, -0.1) is 0 Å². The van der Waals surface area contributed by atoms with E-state index in [-0.39, 0.29) is 5.60 Å². The Bertz CT molecular complexity index is 550. The molecular formula is C18H29N3O3. The molecule has 24 heavy (non-hydrogen) atoms. The van der Waals surface area contributed by atoms with Crippen LogP contribution in [0.2, 0.25) is 0 Å². The summed E-state index contributed by atoms with van der Waals surface area (Å²) in [6.07, 6.45) is 3.93. The van der Waals surface area contributed by atoms with Crippen molar-refractivity contribution in [3.63, 3.8) is 0 Å². The van der Waals surface area contributed by atoms with Crippen LogP contribution >= 0.6 is 0 Å². The largest absolute Gasteiger partial charge is 0.444 e. The Morgan fingerprint density at radius 1 is 1.12 bits per heavy atom. The molecule has 1 aromatic rings. The molecule has 0 N–H and O–H groups in total. The summed E-state index contributed by atoms with van der Waals surface area (Å²) in [5.74, 6) is 1.79. The zero-order chi connectivity index (χ0) is 16.6. The van der Waals surface area contributed by atoms with Crippen molar-refractivity contribution in [2.45, 2.75) is 51.4 Å². The van der Waals surface area contributed by atoms with Gasteiger partial charge >= 0.3 is 0 Å². The van der Waals surface area contributed by atoms with Gasteiger partial charge in [-0.05, 0) is 46.2 Å². The normalized spacial score (nSPS) is 28.2. The highest BCUT2D eigenvalue weighted by Crippen LogP contribution is 2.36. The first-order valence-electron chi connectivity index (χ1n) is 9.25. The molecule has 0 amide bonds. The standard InChI is InChI=1S/C18H29N3O3/c1-14-15(2)23-17(19-14)11-21-7-3-6-20(8-9-21)10-16-4-5-18(24-16)12-22-13-18/h16H,3-13H2,1-2H3. The van der Waals surface area contributed by atoms with E-state index in [0.717, 1.165) is 69.8 Å². The summed E-state index contributed by atoms with van der Waals surface area (Å²) in [6.45, 7) is 11.9. The third-order valence-corrected chi connectivity index (χ3v) is 5.64. The Hall–Kier alpha value is -0.950. The molecule has 0 radical (unpaired) electrons. The van der Waals surface area contributed by atoms with E-state index in [1.165, 1.54) is 19.3 Å². The third-order valence-electron chi connectivity index (χ3n) is 5.64. The first-order chi connectivity index (χ1) is 11.6. The first-order valence-corrected chi connectivity index (χ1v) is 9.25. The maximum atomic E-state index is 6.26. The topological polar surface area (TPSA) is 51.0 Å². The lowest BCUT2D eigenvalue weighted by Gasteiger charge is -2.38. The van der Waals surface area contributed by atoms with E-state index in [2.05, 4.69) is 14.8 Å². The van der Waals surface area contributed by atoms with Crippen LogP contribution in [0.1, 0.15) is 36.6 Å². The van der Waals surface area contributed by atoms with Crippen molar-refractivity contribution >= 4 is 0 Å². The summed E-state index contributed by atoms with van der Waals surface area (Å²) < 4.78 is 17.3. The molecule has 0 bridgehead atoms. The van der Waals surface area contributed by atoms with E-state index < -0.39 is 0 Å². The SMILES string of the molecule is Cc1nc(CN2CCCN(CC3CCC4(COC4)O3)CC2)oc1C. The molecule has 0 saturated carbocycles. The van der Waals surface area contributed by atoms with E-state index in [0.29, 0.717) is 6.10 Å². The van der Waals surface area contributed by atoms with Gasteiger partial charge in [0.1, 0.15) is 11.4 Å². The molecule has 1 atom stereocenters. The number of ether oxygens (including phenoxy) is 2. The van der Waals surface area contributed by atoms with E-state index in [4.69, 9.17) is 13.9 Å². The lowest BCUT2D eigenvalue weighted by atomic mass is 9.98. The van der Waals surface area contributed by atoms with Gasteiger partial charge in [-0.1, -0.05) is 0 Å². The van der Waals surface area contributed by atoms with Crippen molar-refractivity contribution in [2.75, 3.05) is 45.9 Å². The van der Waals surface area contributed by atoms with Gasteiger partial charge in [0.05, 0.1) is 31.6 Å². The van der Waals surface area contributed by atoms with E-state index in [9.17, 15) is 0 Å². The van der Waals surface area contributed by atoms with Crippen LogP contribution in [0.25, 0.3) is 0 Å². The lowest BCUT2D eigenvalue weighted by Crippen LogP contribution is -2.50. The minimum Gasteiger partial charge on any atom is -0.444 e. The molecule has 3 fully saturated rings. The number of rotatable bonds is 4. The van der Waals surface area contributed by atoms with Crippen LogP contribution in [0.15, 0.2) is 4.42 Å². The summed E-state index contributed by atoms with van der Waals surface area (Å²) in [7, 11) is 0. The second kappa shape index (κ2) is 6.75. The summed E-state index contributed by atoms with van der Waals surface area (Å²) >= 11 is 0. The molecule has 4 heterocycles. The Kier molecular flexibility index (Phi) is 4.64. The Balaban J connectivity index is 1.25. The van der Waals surface area contributed by atoms with Crippen LogP contribution in [0.3, 0.4) is 0 Å². The number of hydrogen-bond acceptors (Lipinski definition) is 6. The van der Waals surface area contributed by atoms with Crippen LogP contribution in [-0.2, 0) is 16.0 Å². The summed E-state index contributed by atoms with van der Waals surface area (Å²) in [4.78, 5) is 9.54. The zero-order valence-corrected chi connectivity index (χ0v) is 14.9. The van der Waals surface area contributed by atoms with Crippen LogP contribution in [0.5, 0.6) is 0 Å². The fraction of sp³-hybridized carbons (Fsp3) is 0.833. The van der Waals surface area contributed by atoms with Gasteiger partial charge in [0.2, 0.25) is 5.89 Å². The first kappa shape index (κ1) is 16.5. The van der Waals surface area contributed by atoms with Crippen molar-refractivity contribution < 1.29 is 13.9 Å². The average molecular weight is 335 g/mol. The molecule has 3 aliphatic rings. The smallest absolute Gasteiger partial charge is 0.208 e. The second-order valence-corrected chi connectivity index (χ2v) is 7.63. The van der Waals surface area contributed by atoms with E-state index in [1.807, 2.05) is 13.8 Å². The summed E-state index contributed by atoms with van der Waals surface area (Å²) in [5.41, 5.74) is 1.08. The number of hydrogen-bond donors (Lipinski definition) is 0. The highest BCUT2D eigenvalue weighted by molar-refractivity contribution is 5.05. The van der Waals surface area contributed by atoms with Gasteiger partial charge in [-0.2, -0.15) is 0 Å². The Morgan fingerprint density at radius 2 is 1.92 bits per heavy atom. The van der Waals surface area contributed by atoms with Crippen molar-refractivity contribution in [1.82, 2.24) is 14.8 Å². The molecule has 0 aliphatic carbocycles. The molecule has 6 heteroatoms. The fourth-order valence-electron chi connectivity index (χ4n) is 4.02. The molecule has 1 aromatic heterocycles. The van der Waals surface area contributed by atoms with Gasteiger partial charge in [-0.3, -0.25) is 9.80 Å². The maximum absolute atomic E-state index is 6.26. The van der Waals surface area contributed by atoms with Crippen molar-refractivity contribution in [1.29, 1.82) is 0 Å². The summed E-state index contributed by atoms with van der Waals surface area (Å²) in [6, 6.07) is 0. The predicted molar refractivity (Wildman–Crippen MR) is 90.0 cm³/mol. The van der Waals surface area contributed by atoms with Gasteiger partial charge in [-0.25, -0.2) is 4.98 Å².